The molecule has 0 aromatic heterocycles. The highest BCUT2D eigenvalue weighted by Crippen LogP contribution is 2.29. The van der Waals surface area contributed by atoms with E-state index in [9.17, 15) is 9.59 Å². The Morgan fingerprint density at radius 3 is 2.88 bits per heavy atom. The minimum atomic E-state index is -0.248. The second-order valence-electron chi connectivity index (χ2n) is 3.94. The summed E-state index contributed by atoms with van der Waals surface area (Å²) in [4.78, 5) is 22.5. The Morgan fingerprint density at radius 2 is 2.24 bits per heavy atom. The number of carbonyl (C=O) groups is 2. The smallest absolute Gasteiger partial charge is 0.247 e. The van der Waals surface area contributed by atoms with Crippen LogP contribution in [0.5, 0.6) is 0 Å². The Hall–Kier alpha value is -2.10. The van der Waals surface area contributed by atoms with Crippen LogP contribution in [-0.4, -0.2) is 11.8 Å². The maximum Gasteiger partial charge on any atom is 0.247 e. The number of rotatable bonds is 3. The van der Waals surface area contributed by atoms with Gasteiger partial charge in [0.1, 0.15) is 0 Å². The molecule has 0 spiro atoms. The van der Waals surface area contributed by atoms with Gasteiger partial charge in [-0.1, -0.05) is 24.8 Å². The van der Waals surface area contributed by atoms with E-state index in [-0.39, 0.29) is 17.9 Å². The lowest BCUT2D eigenvalue weighted by molar-refractivity contribution is -0.119. The monoisotopic (exact) mass is 230 g/mol. The largest absolute Gasteiger partial charge is 0.349 e. The molecule has 2 rings (SSSR count). The van der Waals surface area contributed by atoms with Crippen molar-refractivity contribution < 1.29 is 9.59 Å². The van der Waals surface area contributed by atoms with Gasteiger partial charge in [-0.15, -0.1) is 0 Å². The van der Waals surface area contributed by atoms with Crippen LogP contribution in [0.3, 0.4) is 0 Å². The first-order valence-electron chi connectivity index (χ1n) is 5.52. The molecule has 4 heteroatoms. The minimum Gasteiger partial charge on any atom is -0.349 e. The van der Waals surface area contributed by atoms with E-state index in [1.807, 2.05) is 24.3 Å². The number of para-hydroxylation sites is 1. The maximum absolute atomic E-state index is 11.3. The van der Waals surface area contributed by atoms with Crippen LogP contribution in [-0.2, 0) is 9.59 Å². The highest BCUT2D eigenvalue weighted by molar-refractivity contribution is 5.99. The predicted molar refractivity (Wildman–Crippen MR) is 65.4 cm³/mol. The average molecular weight is 230 g/mol. The highest BCUT2D eigenvalue weighted by atomic mass is 16.2. The Kier molecular flexibility index (Phi) is 3.23. The van der Waals surface area contributed by atoms with E-state index in [0.29, 0.717) is 6.42 Å². The van der Waals surface area contributed by atoms with Crippen molar-refractivity contribution in [2.45, 2.75) is 18.9 Å². The summed E-state index contributed by atoms with van der Waals surface area (Å²) < 4.78 is 0. The Labute approximate surface area is 99.7 Å². The van der Waals surface area contributed by atoms with E-state index >= 15 is 0 Å². The third-order valence-electron chi connectivity index (χ3n) is 2.77. The van der Waals surface area contributed by atoms with Gasteiger partial charge in [0.2, 0.25) is 11.8 Å². The van der Waals surface area contributed by atoms with Crippen LogP contribution >= 0.6 is 0 Å². The molecule has 1 heterocycles. The van der Waals surface area contributed by atoms with Gasteiger partial charge in [-0.05, 0) is 24.1 Å². The molecule has 17 heavy (non-hydrogen) atoms. The molecule has 1 fully saturated rings. The lowest BCUT2D eigenvalue weighted by atomic mass is 10.0. The Balaban J connectivity index is 2.24. The van der Waals surface area contributed by atoms with Crippen molar-refractivity contribution >= 4 is 17.5 Å². The molecular weight excluding hydrogens is 216 g/mol. The number of carbonyl (C=O) groups excluding carboxylic acids is 2. The van der Waals surface area contributed by atoms with Crippen molar-refractivity contribution in [2.24, 2.45) is 0 Å². The summed E-state index contributed by atoms with van der Waals surface area (Å²) in [6.07, 6.45) is 2.53. The minimum absolute atomic E-state index is 0.0104. The van der Waals surface area contributed by atoms with E-state index in [1.54, 1.807) is 0 Å². The quantitative estimate of drug-likeness (QED) is 0.777. The lowest BCUT2D eigenvalue weighted by Gasteiger charge is -2.15. The summed E-state index contributed by atoms with van der Waals surface area (Å²) >= 11 is 0. The first-order valence-corrected chi connectivity index (χ1v) is 5.52. The summed E-state index contributed by atoms with van der Waals surface area (Å²) in [6, 6.07) is 7.46. The van der Waals surface area contributed by atoms with Crippen molar-refractivity contribution in [3.63, 3.8) is 0 Å². The maximum atomic E-state index is 11.3. The molecule has 1 unspecified atom stereocenters. The van der Waals surface area contributed by atoms with Crippen molar-refractivity contribution in [3.8, 4) is 0 Å². The van der Waals surface area contributed by atoms with Gasteiger partial charge in [0.05, 0.1) is 6.04 Å². The molecule has 88 valence electrons. The van der Waals surface area contributed by atoms with Crippen molar-refractivity contribution in [3.05, 3.63) is 42.5 Å². The van der Waals surface area contributed by atoms with Crippen molar-refractivity contribution in [2.75, 3.05) is 5.32 Å². The van der Waals surface area contributed by atoms with Crippen LogP contribution < -0.4 is 10.6 Å². The molecule has 0 radical (unpaired) electrons. The van der Waals surface area contributed by atoms with Crippen molar-refractivity contribution in [1.82, 2.24) is 5.32 Å². The van der Waals surface area contributed by atoms with E-state index in [0.717, 1.165) is 17.7 Å². The number of benzene rings is 1. The molecule has 2 amide bonds. The number of anilines is 1. The average Bonchev–Trinajstić information content (AvgIpc) is 2.76. The zero-order valence-electron chi connectivity index (χ0n) is 9.40. The van der Waals surface area contributed by atoms with Gasteiger partial charge < -0.3 is 10.6 Å². The normalized spacial score (nSPS) is 18.6. The first-order chi connectivity index (χ1) is 8.20. The molecule has 1 aliphatic rings. The molecule has 1 atom stereocenters. The number of hydrogen-bond acceptors (Lipinski definition) is 2. The number of amides is 2. The number of hydrogen-bond donors (Lipinski definition) is 2. The van der Waals surface area contributed by atoms with Gasteiger partial charge in [0, 0.05) is 12.1 Å². The van der Waals surface area contributed by atoms with Crippen LogP contribution in [0.2, 0.25) is 0 Å². The van der Waals surface area contributed by atoms with Crippen LogP contribution in [0.25, 0.3) is 0 Å². The lowest BCUT2D eigenvalue weighted by Crippen LogP contribution is -2.20. The second kappa shape index (κ2) is 4.82. The molecule has 0 aliphatic carbocycles. The Morgan fingerprint density at radius 1 is 1.47 bits per heavy atom. The highest BCUT2D eigenvalue weighted by Gasteiger charge is 2.24. The fourth-order valence-electron chi connectivity index (χ4n) is 1.95. The van der Waals surface area contributed by atoms with Gasteiger partial charge in [-0.3, -0.25) is 9.59 Å². The fourth-order valence-corrected chi connectivity index (χ4v) is 1.95. The van der Waals surface area contributed by atoms with Gasteiger partial charge >= 0.3 is 0 Å². The topological polar surface area (TPSA) is 58.2 Å². The van der Waals surface area contributed by atoms with E-state index in [2.05, 4.69) is 17.2 Å². The van der Waals surface area contributed by atoms with Crippen LogP contribution in [0, 0.1) is 0 Å². The fraction of sp³-hybridized carbons (Fsp3) is 0.231. The molecule has 0 bridgehead atoms. The predicted octanol–water partition coefficient (Wildman–Crippen LogP) is 1.76. The molecule has 0 saturated carbocycles. The molecule has 2 N–H and O–H groups in total. The molecule has 1 aromatic carbocycles. The van der Waals surface area contributed by atoms with E-state index in [4.69, 9.17) is 0 Å². The van der Waals surface area contributed by atoms with Crippen LogP contribution in [0.4, 0.5) is 5.69 Å². The van der Waals surface area contributed by atoms with E-state index in [1.165, 1.54) is 6.08 Å². The van der Waals surface area contributed by atoms with Crippen LogP contribution in [0.1, 0.15) is 24.4 Å². The summed E-state index contributed by atoms with van der Waals surface area (Å²) in [5.74, 6) is -0.193. The summed E-state index contributed by atoms with van der Waals surface area (Å²) in [7, 11) is 0. The first kappa shape index (κ1) is 11.4. The second-order valence-corrected chi connectivity index (χ2v) is 3.94. The van der Waals surface area contributed by atoms with Gasteiger partial charge in [0.15, 0.2) is 0 Å². The molecule has 1 saturated heterocycles. The molecule has 1 aliphatic heterocycles. The summed E-state index contributed by atoms with van der Waals surface area (Å²) in [5, 5.41) is 5.63. The zero-order valence-corrected chi connectivity index (χ0v) is 9.40. The third kappa shape index (κ3) is 2.53. The SMILES string of the molecule is C=CC(=O)Nc1ccccc1C1CCC(=O)N1. The summed E-state index contributed by atoms with van der Waals surface area (Å²) in [5.41, 5.74) is 1.66. The van der Waals surface area contributed by atoms with Gasteiger partial charge in [0.25, 0.3) is 0 Å². The molecule has 1 aromatic rings. The van der Waals surface area contributed by atoms with Crippen molar-refractivity contribution in [1.29, 1.82) is 0 Å². The van der Waals surface area contributed by atoms with Gasteiger partial charge in [-0.2, -0.15) is 0 Å². The molecule has 4 nitrogen and oxygen atoms in total. The molecular formula is C13H14N2O2. The van der Waals surface area contributed by atoms with E-state index < -0.39 is 0 Å². The van der Waals surface area contributed by atoms with Crippen LogP contribution in [0.15, 0.2) is 36.9 Å². The zero-order chi connectivity index (χ0) is 12.3. The number of nitrogens with one attached hydrogen (secondary N) is 2. The summed E-state index contributed by atoms with van der Waals surface area (Å²) in [6.45, 7) is 3.41. The Bertz CT molecular complexity index is 468. The third-order valence-corrected chi connectivity index (χ3v) is 2.77. The van der Waals surface area contributed by atoms with Gasteiger partial charge in [-0.25, -0.2) is 0 Å². The standard InChI is InChI=1S/C13H14N2O2/c1-2-12(16)14-10-6-4-3-5-9(10)11-7-8-13(17)15-11/h2-6,11H,1,7-8H2,(H,14,16)(H,15,17).